The first-order valence-corrected chi connectivity index (χ1v) is 25.8. The summed E-state index contributed by atoms with van der Waals surface area (Å²) in [6, 6.07) is 68.8. The maximum atomic E-state index is 6.40. The highest BCUT2D eigenvalue weighted by Gasteiger charge is 2.44. The fraction of sp³-hybridized carbons (Fsp3) is 0.169. The summed E-state index contributed by atoms with van der Waals surface area (Å²) in [5.41, 5.74) is 21.6. The number of benzene rings is 9. The molecule has 4 nitrogen and oxygen atoms in total. The molecule has 6 heteroatoms. The molecule has 10 aromatic rings. The summed E-state index contributed by atoms with van der Waals surface area (Å²) >= 11 is 1.87. The number of thiophene rings is 1. The van der Waals surface area contributed by atoms with Gasteiger partial charge in [0.1, 0.15) is 13.2 Å². The van der Waals surface area contributed by atoms with Crippen molar-refractivity contribution < 1.29 is 9.47 Å². The van der Waals surface area contributed by atoms with Gasteiger partial charge in [-0.15, -0.1) is 11.3 Å². The number of anilines is 6. The van der Waals surface area contributed by atoms with E-state index in [9.17, 15) is 0 Å². The molecular formula is C65H55BN2O2S. The molecule has 0 radical (unpaired) electrons. The van der Waals surface area contributed by atoms with Crippen molar-refractivity contribution >= 4 is 88.7 Å². The molecule has 0 amide bonds. The van der Waals surface area contributed by atoms with Gasteiger partial charge in [-0.25, -0.2) is 0 Å². The highest BCUT2D eigenvalue weighted by molar-refractivity contribution is 7.25. The second-order valence-corrected chi connectivity index (χ2v) is 22.8. The molecule has 9 aromatic carbocycles. The van der Waals surface area contributed by atoms with Gasteiger partial charge in [-0.05, 0) is 151 Å². The van der Waals surface area contributed by atoms with Gasteiger partial charge in [-0.3, -0.25) is 0 Å². The Morgan fingerprint density at radius 2 is 0.958 bits per heavy atom. The normalized spacial score (nSPS) is 13.9. The lowest BCUT2D eigenvalue weighted by atomic mass is 9.33. The summed E-state index contributed by atoms with van der Waals surface area (Å²) in [5, 5.41) is 2.62. The second-order valence-electron chi connectivity index (χ2n) is 21.7. The molecular weight excluding hydrogens is 884 g/mol. The van der Waals surface area contributed by atoms with E-state index >= 15 is 0 Å². The molecule has 3 aliphatic heterocycles. The van der Waals surface area contributed by atoms with Crippen molar-refractivity contribution in [3.63, 3.8) is 0 Å². The molecule has 0 unspecified atom stereocenters. The molecule has 0 aliphatic carbocycles. The molecule has 0 bridgehead atoms. The Bertz CT molecular complexity index is 3670. The third kappa shape index (κ3) is 7.33. The van der Waals surface area contributed by atoms with Crippen LogP contribution in [0.15, 0.2) is 182 Å². The van der Waals surface area contributed by atoms with E-state index in [1.165, 1.54) is 98.0 Å². The molecule has 0 fully saturated rings. The zero-order valence-electron chi connectivity index (χ0n) is 41.4. The van der Waals surface area contributed by atoms with E-state index in [1.807, 2.05) is 11.3 Å². The van der Waals surface area contributed by atoms with Crippen LogP contribution in [-0.2, 0) is 10.8 Å². The highest BCUT2D eigenvalue weighted by Crippen LogP contribution is 2.49. The van der Waals surface area contributed by atoms with Crippen LogP contribution in [0.25, 0.3) is 53.6 Å². The smallest absolute Gasteiger partial charge is 0.252 e. The van der Waals surface area contributed by atoms with Gasteiger partial charge in [-0.2, -0.15) is 0 Å². The first-order valence-electron chi connectivity index (χ1n) is 25.0. The molecule has 346 valence electrons. The Morgan fingerprint density at radius 3 is 1.61 bits per heavy atom. The number of ether oxygens (including phenoxy) is 2. The number of fused-ring (bicyclic) bond motifs is 8. The van der Waals surface area contributed by atoms with Gasteiger partial charge in [0.05, 0.1) is 0 Å². The lowest BCUT2D eigenvalue weighted by Crippen LogP contribution is -2.61. The van der Waals surface area contributed by atoms with Crippen LogP contribution in [0, 0.1) is 6.92 Å². The molecule has 0 atom stereocenters. The molecule has 4 heterocycles. The van der Waals surface area contributed by atoms with Crippen LogP contribution in [0.4, 0.5) is 34.1 Å². The first kappa shape index (κ1) is 43.5. The predicted molar refractivity (Wildman–Crippen MR) is 303 cm³/mol. The van der Waals surface area contributed by atoms with Crippen molar-refractivity contribution in [2.75, 3.05) is 23.0 Å². The molecule has 13 rings (SSSR count). The molecule has 3 aliphatic rings. The average Bonchev–Trinajstić information content (AvgIpc) is 3.75. The Hall–Kier alpha value is -7.54. The second kappa shape index (κ2) is 16.3. The van der Waals surface area contributed by atoms with Gasteiger partial charge in [0.2, 0.25) is 0 Å². The van der Waals surface area contributed by atoms with Crippen molar-refractivity contribution in [1.29, 1.82) is 0 Å². The Morgan fingerprint density at radius 1 is 0.423 bits per heavy atom. The predicted octanol–water partition coefficient (Wildman–Crippen LogP) is 15.8. The number of aryl methyl sites for hydroxylation is 1. The monoisotopic (exact) mass is 938 g/mol. The summed E-state index contributed by atoms with van der Waals surface area (Å²) in [7, 11) is 0. The third-order valence-corrected chi connectivity index (χ3v) is 16.1. The van der Waals surface area contributed by atoms with Crippen molar-refractivity contribution in [2.24, 2.45) is 0 Å². The first-order chi connectivity index (χ1) is 34.3. The van der Waals surface area contributed by atoms with Gasteiger partial charge in [-0.1, -0.05) is 151 Å². The van der Waals surface area contributed by atoms with Crippen molar-refractivity contribution in [3.05, 3.63) is 199 Å². The van der Waals surface area contributed by atoms with Crippen molar-refractivity contribution in [3.8, 4) is 44.9 Å². The maximum Gasteiger partial charge on any atom is 0.252 e. The minimum absolute atomic E-state index is 0.0442. The minimum Gasteiger partial charge on any atom is -0.486 e. The standard InChI is InChI=1S/C65H55BN2O2S/c1-40-31-57-63-58(32-40)68(50-34-45(41-17-23-47(24-18-41)64(2,3)4)33-46(35-50)42-19-25-48(26-20-42)65(5,6)7)55-36-43(44-21-27-52-51-15-11-12-16-61(51)71-62(52)37-44)22-28-53(55)66(63)54-38-59-60(70-30-29-69-59)39-56(54)67(57)49-13-9-8-10-14-49/h8-28,31-39H,29-30H2,1-7H3. The zero-order valence-corrected chi connectivity index (χ0v) is 42.2. The van der Waals surface area contributed by atoms with E-state index in [0.717, 1.165) is 34.2 Å². The molecule has 0 N–H and O–H groups in total. The fourth-order valence-electron chi connectivity index (χ4n) is 11.3. The van der Waals surface area contributed by atoms with E-state index in [1.54, 1.807) is 0 Å². The zero-order chi connectivity index (χ0) is 48.3. The van der Waals surface area contributed by atoms with E-state index in [2.05, 4.69) is 240 Å². The van der Waals surface area contributed by atoms with Crippen molar-refractivity contribution in [2.45, 2.75) is 59.3 Å². The van der Waals surface area contributed by atoms with Gasteiger partial charge >= 0.3 is 0 Å². The van der Waals surface area contributed by atoms with Gasteiger partial charge in [0.15, 0.2) is 11.5 Å². The summed E-state index contributed by atoms with van der Waals surface area (Å²) in [4.78, 5) is 5.02. The summed E-state index contributed by atoms with van der Waals surface area (Å²) in [6.45, 7) is 16.9. The quantitative estimate of drug-likeness (QED) is 0.161. The molecule has 0 saturated carbocycles. The lowest BCUT2D eigenvalue weighted by Gasteiger charge is -2.45. The maximum absolute atomic E-state index is 6.40. The number of hydrogen-bond acceptors (Lipinski definition) is 5. The molecule has 71 heavy (non-hydrogen) atoms. The molecule has 0 saturated heterocycles. The molecule has 1 aromatic heterocycles. The Balaban J connectivity index is 1.09. The van der Waals surface area contributed by atoms with Crippen LogP contribution in [0.2, 0.25) is 0 Å². The summed E-state index contributed by atoms with van der Waals surface area (Å²) in [5.74, 6) is 1.58. The van der Waals surface area contributed by atoms with Crippen LogP contribution in [-0.4, -0.2) is 19.9 Å². The highest BCUT2D eigenvalue weighted by atomic mass is 32.1. The summed E-state index contributed by atoms with van der Waals surface area (Å²) in [6.07, 6.45) is 0. The van der Waals surface area contributed by atoms with Gasteiger partial charge < -0.3 is 19.3 Å². The lowest BCUT2D eigenvalue weighted by molar-refractivity contribution is 0.172. The SMILES string of the molecule is Cc1cc2c3c(c1)N(c1ccccc1)c1cc4c(cc1B3c1ccc(-c3ccc5c(c3)sc3ccccc35)cc1N2c1cc(-c2ccc(C(C)(C)C)cc2)cc(-c2ccc(C(C)(C)C)cc2)c1)OCCO4. The van der Waals surface area contributed by atoms with Crippen LogP contribution in [0.1, 0.15) is 58.2 Å². The van der Waals surface area contributed by atoms with Crippen LogP contribution in [0.3, 0.4) is 0 Å². The van der Waals surface area contributed by atoms with E-state index < -0.39 is 0 Å². The molecule has 0 spiro atoms. The Kier molecular flexibility index (Phi) is 9.96. The topological polar surface area (TPSA) is 24.9 Å². The van der Waals surface area contributed by atoms with E-state index in [0.29, 0.717) is 13.2 Å². The van der Waals surface area contributed by atoms with Crippen molar-refractivity contribution in [1.82, 2.24) is 0 Å². The fourth-order valence-corrected chi connectivity index (χ4v) is 12.4. The van der Waals surface area contributed by atoms with Crippen LogP contribution >= 0.6 is 11.3 Å². The van der Waals surface area contributed by atoms with Crippen LogP contribution < -0.4 is 35.7 Å². The van der Waals surface area contributed by atoms with E-state index in [-0.39, 0.29) is 17.5 Å². The number of para-hydroxylation sites is 1. The minimum atomic E-state index is -0.0886. The Labute approximate surface area is 421 Å². The number of nitrogens with zero attached hydrogens (tertiary/aromatic N) is 2. The number of rotatable bonds is 5. The average molecular weight is 939 g/mol. The van der Waals surface area contributed by atoms with Gasteiger partial charge in [0.25, 0.3) is 6.71 Å². The third-order valence-electron chi connectivity index (χ3n) is 14.9. The van der Waals surface area contributed by atoms with E-state index in [4.69, 9.17) is 9.47 Å². The van der Waals surface area contributed by atoms with Gasteiger partial charge in [0, 0.05) is 60.4 Å². The largest absolute Gasteiger partial charge is 0.486 e. The summed E-state index contributed by atoms with van der Waals surface area (Å²) < 4.78 is 15.3. The van der Waals surface area contributed by atoms with Crippen LogP contribution in [0.5, 0.6) is 11.5 Å². The number of hydrogen-bond donors (Lipinski definition) is 0.